The topological polar surface area (TPSA) is 96.2 Å². The molecule has 4 N–H and O–H groups in total. The third-order valence-corrected chi connectivity index (χ3v) is 7.12. The zero-order valence-electron chi connectivity index (χ0n) is 15.5. The molecule has 1 aromatic carbocycles. The lowest BCUT2D eigenvalue weighted by Gasteiger charge is -2.32. The van der Waals surface area contributed by atoms with Crippen molar-refractivity contribution in [3.63, 3.8) is 0 Å². The minimum absolute atomic E-state index is 0.0131. The Labute approximate surface area is 187 Å². The molecule has 1 saturated heterocycles. The molecule has 12 heteroatoms. The fourth-order valence-corrected chi connectivity index (χ4v) is 5.28. The van der Waals surface area contributed by atoms with Gasteiger partial charge in [0.15, 0.2) is 5.69 Å². The van der Waals surface area contributed by atoms with E-state index in [1.54, 1.807) is 6.20 Å². The highest BCUT2D eigenvalue weighted by atomic mass is 79.9. The Hall–Kier alpha value is -2.15. The molecule has 0 aliphatic carbocycles. The molecule has 0 bridgehead atoms. The predicted molar refractivity (Wildman–Crippen MR) is 119 cm³/mol. The van der Waals surface area contributed by atoms with Crippen LogP contribution in [0.2, 0.25) is 0 Å². The molecule has 1 aliphatic heterocycles. The fourth-order valence-electron chi connectivity index (χ4n) is 3.28. The first kappa shape index (κ1) is 21.1. The number of thiazole rings is 1. The normalized spacial score (nSPS) is 16.6. The second kappa shape index (κ2) is 8.92. The van der Waals surface area contributed by atoms with Crippen molar-refractivity contribution in [2.24, 2.45) is 0 Å². The van der Waals surface area contributed by atoms with Gasteiger partial charge in [0.05, 0.1) is 17.4 Å². The number of anilines is 3. The summed E-state index contributed by atoms with van der Waals surface area (Å²) in [4.78, 5) is 19.1. The van der Waals surface area contributed by atoms with Gasteiger partial charge in [-0.2, -0.15) is 4.37 Å². The first-order valence-corrected chi connectivity index (χ1v) is 11.4. The Bertz CT molecular complexity index is 1050. The van der Waals surface area contributed by atoms with Crippen molar-refractivity contribution in [1.29, 1.82) is 0 Å². The highest BCUT2D eigenvalue weighted by Gasteiger charge is 2.25. The van der Waals surface area contributed by atoms with E-state index in [-0.39, 0.29) is 27.3 Å². The van der Waals surface area contributed by atoms with Crippen molar-refractivity contribution in [3.05, 3.63) is 41.7 Å². The number of nitrogens with two attached hydrogens (primary N) is 1. The maximum absolute atomic E-state index is 14.1. The first-order chi connectivity index (χ1) is 14.5. The average Bonchev–Trinajstić information content (AvgIpc) is 3.34. The summed E-state index contributed by atoms with van der Waals surface area (Å²) >= 11 is 5.44. The number of hydrogen-bond acceptors (Lipinski definition) is 8. The van der Waals surface area contributed by atoms with Gasteiger partial charge < -0.3 is 16.0 Å². The number of rotatable bonds is 5. The molecule has 1 fully saturated rings. The summed E-state index contributed by atoms with van der Waals surface area (Å²) in [6.45, 7) is 1.62. The fraction of sp³-hybridized carbons (Fsp3) is 0.278. The molecule has 30 heavy (non-hydrogen) atoms. The van der Waals surface area contributed by atoms with Gasteiger partial charge in [0.2, 0.25) is 0 Å². The first-order valence-electron chi connectivity index (χ1n) is 9.05. The molecule has 3 aromatic rings. The van der Waals surface area contributed by atoms with Gasteiger partial charge in [-0.05, 0) is 36.5 Å². The number of carbonyl (C=O) groups is 1. The van der Waals surface area contributed by atoms with Crippen LogP contribution in [0.5, 0.6) is 0 Å². The molecule has 4 rings (SSSR count). The van der Waals surface area contributed by atoms with E-state index in [4.69, 9.17) is 5.73 Å². The van der Waals surface area contributed by atoms with Crippen LogP contribution in [0.25, 0.3) is 10.6 Å². The monoisotopic (exact) mass is 514 g/mol. The van der Waals surface area contributed by atoms with Crippen LogP contribution < -0.4 is 20.3 Å². The second-order valence-electron chi connectivity index (χ2n) is 6.72. The summed E-state index contributed by atoms with van der Waals surface area (Å²) in [5.74, 6) is -2.08. The van der Waals surface area contributed by atoms with Crippen molar-refractivity contribution < 1.29 is 13.6 Å². The number of carbonyl (C=O) groups excluding carboxylic acids is 1. The number of hydrogen-bond donors (Lipinski definition) is 3. The van der Waals surface area contributed by atoms with Gasteiger partial charge >= 0.3 is 0 Å². The highest BCUT2D eigenvalue weighted by Crippen LogP contribution is 2.36. The van der Waals surface area contributed by atoms with Crippen molar-refractivity contribution in [2.45, 2.75) is 18.9 Å². The van der Waals surface area contributed by atoms with Crippen LogP contribution in [-0.4, -0.2) is 34.4 Å². The van der Waals surface area contributed by atoms with Gasteiger partial charge in [0.1, 0.15) is 26.6 Å². The van der Waals surface area contributed by atoms with Gasteiger partial charge in [0, 0.05) is 35.3 Å². The van der Waals surface area contributed by atoms with E-state index < -0.39 is 17.5 Å². The Kier molecular flexibility index (Phi) is 6.27. The Morgan fingerprint density at radius 3 is 2.83 bits per heavy atom. The average molecular weight is 515 g/mol. The number of benzene rings is 1. The molecule has 158 valence electrons. The van der Waals surface area contributed by atoms with Crippen molar-refractivity contribution >= 4 is 60.6 Å². The number of amides is 1. The second-order valence-corrected chi connectivity index (χ2v) is 8.99. The van der Waals surface area contributed by atoms with Gasteiger partial charge in [-0.25, -0.2) is 13.8 Å². The zero-order chi connectivity index (χ0) is 21.3. The van der Waals surface area contributed by atoms with Crippen molar-refractivity contribution in [2.75, 3.05) is 29.0 Å². The van der Waals surface area contributed by atoms with Crippen LogP contribution in [0.4, 0.5) is 24.5 Å². The Morgan fingerprint density at radius 1 is 1.33 bits per heavy atom. The smallest absolute Gasteiger partial charge is 0.277 e. The number of piperidine rings is 1. The van der Waals surface area contributed by atoms with Crippen LogP contribution in [0, 0.1) is 11.6 Å². The zero-order valence-corrected chi connectivity index (χ0v) is 18.7. The molecule has 0 saturated carbocycles. The molecule has 0 radical (unpaired) electrons. The number of halogens is 3. The molecule has 1 unspecified atom stereocenters. The quantitative estimate of drug-likeness (QED) is 0.440. The van der Waals surface area contributed by atoms with Crippen LogP contribution in [0.3, 0.4) is 0 Å². The predicted octanol–water partition coefficient (Wildman–Crippen LogP) is 4.25. The largest absolute Gasteiger partial charge is 0.389 e. The van der Waals surface area contributed by atoms with E-state index in [0.717, 1.165) is 54.4 Å². The van der Waals surface area contributed by atoms with E-state index in [1.807, 2.05) is 0 Å². The minimum Gasteiger partial charge on any atom is -0.389 e. The maximum Gasteiger partial charge on any atom is 0.277 e. The molecule has 7 nitrogen and oxygen atoms in total. The summed E-state index contributed by atoms with van der Waals surface area (Å²) in [5.41, 5.74) is 6.11. The lowest BCUT2D eigenvalue weighted by Crippen LogP contribution is -2.42. The molecule has 1 amide bonds. The lowest BCUT2D eigenvalue weighted by molar-refractivity contribution is 0.102. The SMILES string of the molecule is Nc1sc(-c2c(F)cccc2F)nc1C(=O)Nc1cnsc1N1CCCC(NBr)C1. The molecule has 0 spiro atoms. The van der Waals surface area contributed by atoms with E-state index in [9.17, 15) is 13.6 Å². The summed E-state index contributed by atoms with van der Waals surface area (Å²) in [7, 11) is 0. The lowest BCUT2D eigenvalue weighted by atomic mass is 10.1. The third kappa shape index (κ3) is 4.17. The molecular weight excluding hydrogens is 498 g/mol. The molecule has 3 heterocycles. The summed E-state index contributed by atoms with van der Waals surface area (Å²) in [5, 5.41) is 3.71. The van der Waals surface area contributed by atoms with Crippen LogP contribution in [0.1, 0.15) is 23.3 Å². The number of nitrogens with one attached hydrogen (secondary N) is 2. The van der Waals surface area contributed by atoms with Gasteiger partial charge in [0.25, 0.3) is 5.91 Å². The van der Waals surface area contributed by atoms with E-state index >= 15 is 0 Å². The molecule has 1 aliphatic rings. The maximum atomic E-state index is 14.1. The van der Waals surface area contributed by atoms with E-state index in [2.05, 4.69) is 40.1 Å². The number of aromatic nitrogens is 2. The van der Waals surface area contributed by atoms with Crippen LogP contribution in [0.15, 0.2) is 24.4 Å². The number of nitrogen functional groups attached to an aromatic ring is 1. The minimum atomic E-state index is -0.764. The third-order valence-electron chi connectivity index (χ3n) is 4.71. The Balaban J connectivity index is 1.56. The van der Waals surface area contributed by atoms with E-state index in [0.29, 0.717) is 5.69 Å². The molecule has 1 atom stereocenters. The number of nitrogens with zero attached hydrogens (tertiary/aromatic N) is 3. The summed E-state index contributed by atoms with van der Waals surface area (Å²) in [6, 6.07) is 3.82. The summed E-state index contributed by atoms with van der Waals surface area (Å²) < 4.78 is 35.4. The van der Waals surface area contributed by atoms with Crippen molar-refractivity contribution in [3.8, 4) is 10.6 Å². The van der Waals surface area contributed by atoms with Gasteiger partial charge in [-0.1, -0.05) is 17.4 Å². The summed E-state index contributed by atoms with van der Waals surface area (Å²) in [6.07, 6.45) is 3.63. The standard InChI is InChI=1S/C18H17BrF2N6OS2/c19-26-9-3-2-6-27(8-9)18-12(7-23-30-18)24-16(28)14-15(22)29-17(25-14)13-10(20)4-1-5-11(13)21/h1,4-5,7,9,26H,2-3,6,8,22H2,(H,24,28). The van der Waals surface area contributed by atoms with Crippen LogP contribution >= 0.6 is 39.0 Å². The van der Waals surface area contributed by atoms with Gasteiger partial charge in [-0.3, -0.25) is 9.14 Å². The van der Waals surface area contributed by atoms with Crippen molar-refractivity contribution in [1.82, 2.24) is 13.7 Å². The molecular formula is C18H17BrF2N6OS2. The molecule has 2 aromatic heterocycles. The highest BCUT2D eigenvalue weighted by molar-refractivity contribution is 9.08. The van der Waals surface area contributed by atoms with E-state index in [1.165, 1.54) is 17.6 Å². The van der Waals surface area contributed by atoms with Crippen LogP contribution in [-0.2, 0) is 0 Å². The van der Waals surface area contributed by atoms with Gasteiger partial charge in [-0.15, -0.1) is 0 Å². The Morgan fingerprint density at radius 2 is 2.10 bits per heavy atom.